The van der Waals surface area contributed by atoms with Crippen LogP contribution in [0.5, 0.6) is 17.2 Å². The van der Waals surface area contributed by atoms with E-state index >= 15 is 0 Å². The third-order valence-electron chi connectivity index (χ3n) is 5.02. The van der Waals surface area contributed by atoms with Crippen molar-refractivity contribution in [2.75, 3.05) is 45.9 Å². The van der Waals surface area contributed by atoms with E-state index in [0.717, 1.165) is 25.7 Å². The molecule has 2 aliphatic rings. The first-order valence-electron chi connectivity index (χ1n) is 9.00. The molecule has 0 atom stereocenters. The van der Waals surface area contributed by atoms with Crippen LogP contribution in [0.15, 0.2) is 6.07 Å². The fourth-order valence-electron chi connectivity index (χ4n) is 3.63. The molecule has 0 bridgehead atoms. The van der Waals surface area contributed by atoms with Gasteiger partial charge < -0.3 is 19.1 Å². The van der Waals surface area contributed by atoms with Gasteiger partial charge in [0.15, 0.2) is 11.5 Å². The number of likely N-dealkylation sites (tertiary alicyclic amines) is 1. The molecule has 0 saturated carbocycles. The van der Waals surface area contributed by atoms with Gasteiger partial charge in [-0.15, -0.1) is 0 Å². The average Bonchev–Trinajstić information content (AvgIpc) is 2.89. The lowest BCUT2D eigenvalue weighted by atomic mass is 10.1. The molecule has 1 fully saturated rings. The summed E-state index contributed by atoms with van der Waals surface area (Å²) in [6, 6.07) is 1.54. The summed E-state index contributed by atoms with van der Waals surface area (Å²) in [5.41, 5.74) is 0.409. The van der Waals surface area contributed by atoms with Gasteiger partial charge in [-0.25, -0.2) is 0 Å². The molecule has 8 heteroatoms. The summed E-state index contributed by atoms with van der Waals surface area (Å²) >= 11 is 0. The number of anilines is 1. The van der Waals surface area contributed by atoms with Gasteiger partial charge in [0.05, 0.1) is 32.6 Å². The van der Waals surface area contributed by atoms with E-state index in [1.165, 1.54) is 32.3 Å². The van der Waals surface area contributed by atoms with Crippen molar-refractivity contribution >= 4 is 23.3 Å². The summed E-state index contributed by atoms with van der Waals surface area (Å²) in [4.78, 5) is 40.9. The number of methoxy groups -OCH3 is 3. The number of nitrogens with zero attached hydrogens (tertiary/aromatic N) is 2. The van der Waals surface area contributed by atoms with Crippen LogP contribution >= 0.6 is 0 Å². The number of benzene rings is 1. The van der Waals surface area contributed by atoms with Gasteiger partial charge >= 0.3 is 0 Å². The second-order valence-corrected chi connectivity index (χ2v) is 6.55. The zero-order valence-electron chi connectivity index (χ0n) is 15.9. The highest BCUT2D eigenvalue weighted by Crippen LogP contribution is 2.47. The standard InChI is InChI=1S/C19H24N2O6/c1-25-13-10-12-15(18(27-3)17(13)26-2)16(23)19(24)21(12)11-14(22)20-8-6-4-5-7-9-20/h10H,4-9,11H2,1-3H3. The van der Waals surface area contributed by atoms with Crippen LogP contribution in [0.25, 0.3) is 0 Å². The van der Waals surface area contributed by atoms with Crippen LogP contribution in [-0.4, -0.2) is 63.5 Å². The van der Waals surface area contributed by atoms with E-state index in [1.807, 2.05) is 0 Å². The largest absolute Gasteiger partial charge is 0.493 e. The molecule has 1 aromatic carbocycles. The number of hydrogen-bond acceptors (Lipinski definition) is 6. The van der Waals surface area contributed by atoms with Crippen LogP contribution in [0.4, 0.5) is 5.69 Å². The molecule has 27 heavy (non-hydrogen) atoms. The highest BCUT2D eigenvalue weighted by molar-refractivity contribution is 6.53. The van der Waals surface area contributed by atoms with E-state index < -0.39 is 11.7 Å². The molecule has 2 aliphatic heterocycles. The van der Waals surface area contributed by atoms with Crippen molar-refractivity contribution in [2.45, 2.75) is 25.7 Å². The van der Waals surface area contributed by atoms with E-state index in [0.29, 0.717) is 24.5 Å². The highest BCUT2D eigenvalue weighted by atomic mass is 16.5. The number of carbonyl (C=O) groups excluding carboxylic acids is 3. The van der Waals surface area contributed by atoms with Crippen molar-refractivity contribution in [2.24, 2.45) is 0 Å². The maximum Gasteiger partial charge on any atom is 0.300 e. The molecular formula is C19H24N2O6. The second kappa shape index (κ2) is 7.85. The van der Waals surface area contributed by atoms with Gasteiger partial charge in [0, 0.05) is 19.2 Å². The first kappa shape index (κ1) is 19.0. The Morgan fingerprint density at radius 2 is 1.59 bits per heavy atom. The van der Waals surface area contributed by atoms with Crippen LogP contribution in [0, 0.1) is 0 Å². The van der Waals surface area contributed by atoms with Crippen LogP contribution in [-0.2, 0) is 9.59 Å². The van der Waals surface area contributed by atoms with Crippen molar-refractivity contribution in [1.29, 1.82) is 0 Å². The smallest absolute Gasteiger partial charge is 0.300 e. The number of ether oxygens (including phenoxy) is 3. The SMILES string of the molecule is COc1cc2c(c(OC)c1OC)C(=O)C(=O)N2CC(=O)N1CCCCCC1. The number of ketones is 1. The topological polar surface area (TPSA) is 85.4 Å². The average molecular weight is 376 g/mol. The predicted molar refractivity (Wildman–Crippen MR) is 97.8 cm³/mol. The predicted octanol–water partition coefficient (Wildman–Crippen LogP) is 1.64. The third-order valence-corrected chi connectivity index (χ3v) is 5.02. The van der Waals surface area contributed by atoms with Crippen molar-refractivity contribution in [3.05, 3.63) is 11.6 Å². The molecule has 0 radical (unpaired) electrons. The zero-order valence-corrected chi connectivity index (χ0v) is 15.9. The maximum atomic E-state index is 12.7. The lowest BCUT2D eigenvalue weighted by Crippen LogP contribution is -2.42. The summed E-state index contributed by atoms with van der Waals surface area (Å²) < 4.78 is 15.9. The number of amides is 2. The van der Waals surface area contributed by atoms with E-state index in [2.05, 4.69) is 0 Å². The number of fused-ring (bicyclic) bond motifs is 1. The molecule has 1 saturated heterocycles. The molecule has 0 aromatic heterocycles. The van der Waals surface area contributed by atoms with Gasteiger partial charge in [-0.1, -0.05) is 12.8 Å². The van der Waals surface area contributed by atoms with Crippen LogP contribution in [0.1, 0.15) is 36.0 Å². The fourth-order valence-corrected chi connectivity index (χ4v) is 3.63. The Balaban J connectivity index is 1.96. The van der Waals surface area contributed by atoms with E-state index in [9.17, 15) is 14.4 Å². The van der Waals surface area contributed by atoms with Gasteiger partial charge in [0.2, 0.25) is 11.7 Å². The van der Waals surface area contributed by atoms with E-state index in [-0.39, 0.29) is 29.5 Å². The molecule has 0 N–H and O–H groups in total. The molecule has 2 heterocycles. The Labute approximate surface area is 158 Å². The second-order valence-electron chi connectivity index (χ2n) is 6.55. The molecular weight excluding hydrogens is 352 g/mol. The van der Waals surface area contributed by atoms with Crippen molar-refractivity contribution < 1.29 is 28.6 Å². The zero-order chi connectivity index (χ0) is 19.6. The minimum absolute atomic E-state index is 0.101. The molecule has 2 amide bonds. The summed E-state index contributed by atoms with van der Waals surface area (Å²) in [5.74, 6) is -0.939. The Bertz CT molecular complexity index is 768. The minimum atomic E-state index is -0.748. The molecule has 0 spiro atoms. The molecule has 0 aliphatic carbocycles. The molecule has 146 valence electrons. The monoisotopic (exact) mass is 376 g/mol. The number of Topliss-reactive ketones (excluding diaryl/α,β-unsaturated/α-hetero) is 1. The van der Waals surface area contributed by atoms with Gasteiger partial charge in [-0.2, -0.15) is 0 Å². The van der Waals surface area contributed by atoms with Gasteiger partial charge in [0.1, 0.15) is 6.54 Å². The summed E-state index contributed by atoms with van der Waals surface area (Å²) in [5, 5.41) is 0. The van der Waals surface area contributed by atoms with Crippen molar-refractivity contribution in [3.63, 3.8) is 0 Å². The van der Waals surface area contributed by atoms with Gasteiger partial charge in [0.25, 0.3) is 11.7 Å². The number of rotatable bonds is 5. The Hall–Kier alpha value is -2.77. The molecule has 1 aromatic rings. The van der Waals surface area contributed by atoms with E-state index in [4.69, 9.17) is 14.2 Å². The Kier molecular flexibility index (Phi) is 5.53. The van der Waals surface area contributed by atoms with Crippen molar-refractivity contribution in [1.82, 2.24) is 4.90 Å². The normalized spacial score (nSPS) is 16.9. The highest BCUT2D eigenvalue weighted by Gasteiger charge is 2.42. The van der Waals surface area contributed by atoms with Crippen molar-refractivity contribution in [3.8, 4) is 17.2 Å². The van der Waals surface area contributed by atoms with Crippen LogP contribution in [0.3, 0.4) is 0 Å². The first-order valence-corrected chi connectivity index (χ1v) is 9.00. The van der Waals surface area contributed by atoms with Crippen LogP contribution in [0.2, 0.25) is 0 Å². The third kappa shape index (κ3) is 3.31. The number of carbonyl (C=O) groups is 3. The Morgan fingerprint density at radius 1 is 0.963 bits per heavy atom. The fraction of sp³-hybridized carbons (Fsp3) is 0.526. The molecule has 0 unspecified atom stereocenters. The lowest BCUT2D eigenvalue weighted by Gasteiger charge is -2.24. The quantitative estimate of drug-likeness (QED) is 0.727. The van der Waals surface area contributed by atoms with Gasteiger partial charge in [-0.05, 0) is 12.8 Å². The van der Waals surface area contributed by atoms with E-state index in [1.54, 1.807) is 4.90 Å². The summed E-state index contributed by atoms with van der Waals surface area (Å²) in [6.45, 7) is 1.17. The first-order chi connectivity index (χ1) is 13.0. The summed E-state index contributed by atoms with van der Waals surface area (Å²) in [7, 11) is 4.27. The maximum absolute atomic E-state index is 12.7. The summed E-state index contributed by atoms with van der Waals surface area (Å²) in [6.07, 6.45) is 4.10. The molecule has 3 rings (SSSR count). The number of hydrogen-bond donors (Lipinski definition) is 0. The van der Waals surface area contributed by atoms with Gasteiger partial charge in [-0.3, -0.25) is 19.3 Å². The minimum Gasteiger partial charge on any atom is -0.493 e. The van der Waals surface area contributed by atoms with Crippen LogP contribution < -0.4 is 19.1 Å². The Morgan fingerprint density at radius 3 is 2.15 bits per heavy atom. The lowest BCUT2D eigenvalue weighted by molar-refractivity contribution is -0.130. The molecule has 8 nitrogen and oxygen atoms in total.